The second-order valence-corrected chi connectivity index (χ2v) is 5.74. The molecule has 118 valence electrons. The molecule has 0 aliphatic rings. The van der Waals surface area contributed by atoms with E-state index in [9.17, 15) is 0 Å². The Morgan fingerprint density at radius 2 is 1.21 bits per heavy atom. The largest absolute Gasteiger partial charge is 0.378 e. The maximum absolute atomic E-state index is 4.55. The number of nitrogens with zero attached hydrogens (tertiary/aromatic N) is 2. The van der Waals surface area contributed by atoms with Crippen molar-refractivity contribution in [2.45, 2.75) is 0 Å². The Bertz CT molecular complexity index is 800. The minimum Gasteiger partial charge on any atom is -0.378 e. The second kappa shape index (κ2) is 7.45. The molecule has 0 saturated carbocycles. The number of benzene rings is 3. The van der Waals surface area contributed by atoms with Crippen molar-refractivity contribution in [3.8, 4) is 0 Å². The van der Waals surface area contributed by atoms with Crippen LogP contribution in [-0.2, 0) is 0 Å². The van der Waals surface area contributed by atoms with Crippen molar-refractivity contribution in [2.75, 3.05) is 19.0 Å². The summed E-state index contributed by atoms with van der Waals surface area (Å²) in [4.78, 5) is 6.63. The van der Waals surface area contributed by atoms with E-state index in [2.05, 4.69) is 52.2 Å². The van der Waals surface area contributed by atoms with Crippen LogP contribution in [-0.4, -0.2) is 20.0 Å². The fourth-order valence-corrected chi connectivity index (χ4v) is 2.45. The summed E-state index contributed by atoms with van der Waals surface area (Å²) in [6.07, 6.45) is 0. The molecule has 0 amide bonds. The zero-order chi connectivity index (χ0) is 16.8. The Hall–Kier alpha value is -3.09. The summed E-state index contributed by atoms with van der Waals surface area (Å²) in [6.45, 7) is 0. The first kappa shape index (κ1) is 15.8. The highest BCUT2D eigenvalue weighted by atomic mass is 15.1. The van der Waals surface area contributed by atoms with Gasteiger partial charge in [-0.3, -0.25) is 0 Å². The van der Waals surface area contributed by atoms with E-state index in [4.69, 9.17) is 0 Å². The average Bonchev–Trinajstić information content (AvgIpc) is 2.64. The third-order valence-electron chi connectivity index (χ3n) is 3.79. The minimum absolute atomic E-state index is 0.893. The van der Waals surface area contributed by atoms with E-state index >= 15 is 0 Å². The van der Waals surface area contributed by atoms with Crippen molar-refractivity contribution < 1.29 is 0 Å². The van der Waals surface area contributed by atoms with Gasteiger partial charge in [-0.1, -0.05) is 60.7 Å². The standard InChI is InChI=1S/C22H20N2/c1-24(2)21-15-13-20(14-16-21)23-17-22(18-9-5-3-6-10-18)19-11-7-4-8-12-19/h3-16H,1-2H3. The first-order chi connectivity index (χ1) is 11.7. The second-order valence-electron chi connectivity index (χ2n) is 5.74. The highest BCUT2D eigenvalue weighted by molar-refractivity contribution is 5.99. The molecular formula is C22H20N2. The van der Waals surface area contributed by atoms with Gasteiger partial charge in [0, 0.05) is 19.8 Å². The molecule has 0 N–H and O–H groups in total. The summed E-state index contributed by atoms with van der Waals surface area (Å²) >= 11 is 0. The normalized spacial score (nSPS) is 9.92. The third-order valence-corrected chi connectivity index (χ3v) is 3.79. The number of anilines is 1. The Balaban J connectivity index is 2.03. The molecule has 0 radical (unpaired) electrons. The van der Waals surface area contributed by atoms with Gasteiger partial charge in [-0.2, -0.15) is 0 Å². The van der Waals surface area contributed by atoms with Crippen LogP contribution in [0.4, 0.5) is 11.4 Å². The molecule has 0 aliphatic heterocycles. The molecule has 0 fully saturated rings. The van der Waals surface area contributed by atoms with E-state index in [0.29, 0.717) is 0 Å². The van der Waals surface area contributed by atoms with Crippen LogP contribution in [0.3, 0.4) is 0 Å². The summed E-state index contributed by atoms with van der Waals surface area (Å²) in [5, 5.41) is 0. The molecular weight excluding hydrogens is 292 g/mol. The topological polar surface area (TPSA) is 15.6 Å². The summed E-state index contributed by atoms with van der Waals surface area (Å²) < 4.78 is 0. The Morgan fingerprint density at radius 3 is 1.67 bits per heavy atom. The lowest BCUT2D eigenvalue weighted by molar-refractivity contribution is 1.13. The van der Waals surface area contributed by atoms with E-state index < -0.39 is 0 Å². The van der Waals surface area contributed by atoms with Crippen LogP contribution in [0.1, 0.15) is 11.1 Å². The Kier molecular flexibility index (Phi) is 4.90. The highest BCUT2D eigenvalue weighted by Crippen LogP contribution is 2.22. The molecule has 3 aromatic rings. The van der Waals surface area contributed by atoms with E-state index in [-0.39, 0.29) is 0 Å². The van der Waals surface area contributed by atoms with Crippen LogP contribution in [0.2, 0.25) is 0 Å². The minimum atomic E-state index is 0.893. The van der Waals surface area contributed by atoms with E-state index in [1.165, 1.54) is 0 Å². The molecule has 0 spiro atoms. The smallest absolute Gasteiger partial charge is 0.0731 e. The SMILES string of the molecule is CN(C)c1ccc(N=C=C(c2ccccc2)c2ccccc2)cc1. The van der Waals surface area contributed by atoms with Gasteiger partial charge in [0.2, 0.25) is 0 Å². The molecule has 0 aliphatic carbocycles. The lowest BCUT2D eigenvalue weighted by atomic mass is 9.99. The van der Waals surface area contributed by atoms with Crippen molar-refractivity contribution >= 4 is 22.8 Å². The van der Waals surface area contributed by atoms with Crippen LogP contribution < -0.4 is 4.90 Å². The molecule has 0 unspecified atom stereocenters. The Morgan fingerprint density at radius 1 is 0.708 bits per heavy atom. The van der Waals surface area contributed by atoms with Crippen molar-refractivity contribution in [1.29, 1.82) is 0 Å². The Labute approximate surface area is 143 Å². The van der Waals surface area contributed by atoms with Gasteiger partial charge in [0.05, 0.1) is 11.3 Å². The molecule has 0 heterocycles. The van der Waals surface area contributed by atoms with Crippen molar-refractivity contribution in [3.63, 3.8) is 0 Å². The van der Waals surface area contributed by atoms with Gasteiger partial charge in [-0.15, -0.1) is 0 Å². The third kappa shape index (κ3) is 3.81. The maximum atomic E-state index is 4.55. The fraction of sp³-hybridized carbons (Fsp3) is 0.0909. The molecule has 2 nitrogen and oxygen atoms in total. The van der Waals surface area contributed by atoms with Gasteiger partial charge in [0.15, 0.2) is 0 Å². The quantitative estimate of drug-likeness (QED) is 0.606. The predicted octanol–water partition coefficient (Wildman–Crippen LogP) is 5.19. The molecule has 3 aromatic carbocycles. The van der Waals surface area contributed by atoms with Crippen molar-refractivity contribution in [3.05, 3.63) is 96.1 Å². The van der Waals surface area contributed by atoms with Crippen molar-refractivity contribution in [1.82, 2.24) is 0 Å². The van der Waals surface area contributed by atoms with Crippen LogP contribution in [0.25, 0.3) is 5.57 Å². The zero-order valence-corrected chi connectivity index (χ0v) is 14.0. The molecule has 2 heteroatoms. The first-order valence-electron chi connectivity index (χ1n) is 7.96. The monoisotopic (exact) mass is 312 g/mol. The van der Waals surface area contributed by atoms with Crippen molar-refractivity contribution in [2.24, 2.45) is 4.99 Å². The highest BCUT2D eigenvalue weighted by Gasteiger charge is 2.03. The van der Waals surface area contributed by atoms with Crippen LogP contribution >= 0.6 is 0 Å². The number of aliphatic imine (C=N–C) groups is 1. The molecule has 24 heavy (non-hydrogen) atoms. The predicted molar refractivity (Wildman–Crippen MR) is 103 cm³/mol. The van der Waals surface area contributed by atoms with E-state index in [1.54, 1.807) is 0 Å². The first-order valence-corrected chi connectivity index (χ1v) is 7.96. The number of hydrogen-bond donors (Lipinski definition) is 0. The lowest BCUT2D eigenvalue weighted by Crippen LogP contribution is -2.07. The summed E-state index contributed by atoms with van der Waals surface area (Å²) in [5.41, 5.74) is 5.26. The van der Waals surface area contributed by atoms with E-state index in [1.807, 2.05) is 62.6 Å². The number of hydrogen-bond acceptors (Lipinski definition) is 2. The van der Waals surface area contributed by atoms with Gasteiger partial charge in [-0.05, 0) is 41.3 Å². The molecule has 0 bridgehead atoms. The van der Waals surface area contributed by atoms with Gasteiger partial charge in [0.25, 0.3) is 0 Å². The number of rotatable bonds is 4. The molecule has 0 aromatic heterocycles. The van der Waals surface area contributed by atoms with Crippen LogP contribution in [0.15, 0.2) is 89.9 Å². The fourth-order valence-electron chi connectivity index (χ4n) is 2.45. The van der Waals surface area contributed by atoms with Crippen LogP contribution in [0.5, 0.6) is 0 Å². The van der Waals surface area contributed by atoms with Gasteiger partial charge in [0.1, 0.15) is 0 Å². The molecule has 3 rings (SSSR count). The van der Waals surface area contributed by atoms with Crippen LogP contribution in [0, 0.1) is 0 Å². The summed E-state index contributed by atoms with van der Waals surface area (Å²) in [5.74, 6) is 3.25. The van der Waals surface area contributed by atoms with Gasteiger partial charge in [-0.25, -0.2) is 4.99 Å². The molecule has 0 atom stereocenters. The summed E-state index contributed by atoms with van der Waals surface area (Å²) in [6, 6.07) is 28.6. The molecule has 0 saturated heterocycles. The maximum Gasteiger partial charge on any atom is 0.0731 e. The van der Waals surface area contributed by atoms with Gasteiger partial charge >= 0.3 is 0 Å². The average molecular weight is 312 g/mol. The zero-order valence-electron chi connectivity index (χ0n) is 14.0. The van der Waals surface area contributed by atoms with Gasteiger partial charge < -0.3 is 4.90 Å². The lowest BCUT2D eigenvalue weighted by Gasteiger charge is -2.11. The van der Waals surface area contributed by atoms with E-state index in [0.717, 1.165) is 28.1 Å². The summed E-state index contributed by atoms with van der Waals surface area (Å²) in [7, 11) is 4.06.